The molecule has 1 fully saturated rings. The van der Waals surface area contributed by atoms with Gasteiger partial charge in [0.15, 0.2) is 0 Å². The zero-order chi connectivity index (χ0) is 13.8. The van der Waals surface area contributed by atoms with Crippen LogP contribution in [0.3, 0.4) is 0 Å². The first-order valence-electron chi connectivity index (χ1n) is 6.83. The van der Waals surface area contributed by atoms with E-state index in [1.807, 2.05) is 17.0 Å². The van der Waals surface area contributed by atoms with Crippen LogP contribution in [0.1, 0.15) is 38.3 Å². The highest BCUT2D eigenvalue weighted by Gasteiger charge is 2.21. The van der Waals surface area contributed by atoms with E-state index >= 15 is 0 Å². The van der Waals surface area contributed by atoms with Gasteiger partial charge in [-0.25, -0.2) is 0 Å². The van der Waals surface area contributed by atoms with Gasteiger partial charge in [0.25, 0.3) is 0 Å². The Kier molecular flexibility index (Phi) is 4.83. The Labute approximate surface area is 119 Å². The maximum atomic E-state index is 11.3. The quantitative estimate of drug-likeness (QED) is 0.923. The van der Waals surface area contributed by atoms with Crippen molar-refractivity contribution in [3.8, 4) is 0 Å². The number of hydrogen-bond acceptors (Lipinski definition) is 2. The third-order valence-corrected chi connectivity index (χ3v) is 4.05. The lowest BCUT2D eigenvalue weighted by Gasteiger charge is -2.33. The minimum atomic E-state index is 0.184. The van der Waals surface area contributed by atoms with Gasteiger partial charge in [0.1, 0.15) is 0 Å². The van der Waals surface area contributed by atoms with E-state index in [4.69, 9.17) is 11.6 Å². The molecule has 3 nitrogen and oxygen atoms in total. The summed E-state index contributed by atoms with van der Waals surface area (Å²) in [5.74, 6) is 0.184. The molecule has 0 aromatic heterocycles. The third kappa shape index (κ3) is 3.95. The van der Waals surface area contributed by atoms with Gasteiger partial charge in [0.2, 0.25) is 5.91 Å². The molecule has 1 aliphatic heterocycles. The summed E-state index contributed by atoms with van der Waals surface area (Å²) >= 11 is 5.90. The monoisotopic (exact) mass is 280 g/mol. The van der Waals surface area contributed by atoms with Crippen molar-refractivity contribution in [3.63, 3.8) is 0 Å². The average molecular weight is 281 g/mol. The van der Waals surface area contributed by atoms with Crippen LogP contribution in [-0.2, 0) is 4.79 Å². The molecule has 104 valence electrons. The second-order valence-corrected chi connectivity index (χ2v) is 5.66. The van der Waals surface area contributed by atoms with Crippen LogP contribution in [0.25, 0.3) is 0 Å². The fraction of sp³-hybridized carbons (Fsp3) is 0.533. The largest absolute Gasteiger partial charge is 0.343 e. The number of carbonyl (C=O) groups is 1. The highest BCUT2D eigenvalue weighted by Crippen LogP contribution is 2.19. The Morgan fingerprint density at radius 3 is 2.42 bits per heavy atom. The third-order valence-electron chi connectivity index (χ3n) is 3.80. The molecule has 1 saturated heterocycles. The lowest BCUT2D eigenvalue weighted by molar-refractivity contribution is -0.129. The van der Waals surface area contributed by atoms with Crippen LogP contribution < -0.4 is 5.32 Å². The maximum absolute atomic E-state index is 11.3. The van der Waals surface area contributed by atoms with Crippen molar-refractivity contribution in [2.24, 2.45) is 0 Å². The van der Waals surface area contributed by atoms with Gasteiger partial charge in [-0.15, -0.1) is 0 Å². The van der Waals surface area contributed by atoms with Gasteiger partial charge in [-0.2, -0.15) is 0 Å². The summed E-state index contributed by atoms with van der Waals surface area (Å²) < 4.78 is 0. The number of likely N-dealkylation sites (tertiary alicyclic amines) is 1. The average Bonchev–Trinajstić information content (AvgIpc) is 2.40. The van der Waals surface area contributed by atoms with Crippen LogP contribution in [0, 0.1) is 0 Å². The van der Waals surface area contributed by atoms with E-state index in [9.17, 15) is 4.79 Å². The molecule has 0 saturated carbocycles. The molecule has 0 radical (unpaired) electrons. The summed E-state index contributed by atoms with van der Waals surface area (Å²) in [6.45, 7) is 5.53. The SMILES string of the molecule is CC(=O)N1CCC(N[C@@H](C)c2ccc(Cl)cc2)CC1. The molecule has 0 bridgehead atoms. The fourth-order valence-corrected chi connectivity index (χ4v) is 2.69. The van der Waals surface area contributed by atoms with Crippen LogP contribution in [0.5, 0.6) is 0 Å². The molecule has 19 heavy (non-hydrogen) atoms. The molecule has 0 aliphatic carbocycles. The van der Waals surface area contributed by atoms with E-state index in [0.717, 1.165) is 31.0 Å². The second kappa shape index (κ2) is 6.40. The molecule has 1 heterocycles. The Morgan fingerprint density at radius 2 is 1.89 bits per heavy atom. The molecular formula is C15H21ClN2O. The van der Waals surface area contributed by atoms with Crippen molar-refractivity contribution >= 4 is 17.5 Å². The smallest absolute Gasteiger partial charge is 0.219 e. The first-order chi connectivity index (χ1) is 9.06. The van der Waals surface area contributed by atoms with Gasteiger partial charge in [0.05, 0.1) is 0 Å². The minimum absolute atomic E-state index is 0.184. The molecular weight excluding hydrogens is 260 g/mol. The summed E-state index contributed by atoms with van der Waals surface area (Å²) in [5, 5.41) is 4.40. The van der Waals surface area contributed by atoms with Gasteiger partial charge in [-0.3, -0.25) is 4.79 Å². The van der Waals surface area contributed by atoms with E-state index in [-0.39, 0.29) is 5.91 Å². The molecule has 2 rings (SSSR count). The number of carbonyl (C=O) groups excluding carboxylic acids is 1. The van der Waals surface area contributed by atoms with E-state index in [0.29, 0.717) is 12.1 Å². The van der Waals surface area contributed by atoms with E-state index in [1.165, 1.54) is 5.56 Å². The van der Waals surface area contributed by atoms with E-state index in [2.05, 4.69) is 24.4 Å². The van der Waals surface area contributed by atoms with Crippen molar-refractivity contribution in [2.75, 3.05) is 13.1 Å². The highest BCUT2D eigenvalue weighted by atomic mass is 35.5. The van der Waals surface area contributed by atoms with Crippen molar-refractivity contribution in [3.05, 3.63) is 34.9 Å². The topological polar surface area (TPSA) is 32.3 Å². The van der Waals surface area contributed by atoms with Crippen LogP contribution in [0.4, 0.5) is 0 Å². The molecule has 4 heteroatoms. The molecule has 1 aliphatic rings. The molecule has 0 spiro atoms. The summed E-state index contributed by atoms with van der Waals surface area (Å²) in [7, 11) is 0. The molecule has 1 atom stereocenters. The number of nitrogens with one attached hydrogen (secondary N) is 1. The second-order valence-electron chi connectivity index (χ2n) is 5.22. The Bertz CT molecular complexity index is 424. The van der Waals surface area contributed by atoms with Crippen LogP contribution in [0.15, 0.2) is 24.3 Å². The van der Waals surface area contributed by atoms with Gasteiger partial charge in [-0.05, 0) is 37.5 Å². The lowest BCUT2D eigenvalue weighted by Crippen LogP contribution is -2.44. The zero-order valence-electron chi connectivity index (χ0n) is 11.5. The van der Waals surface area contributed by atoms with Crippen molar-refractivity contribution in [1.82, 2.24) is 10.2 Å². The van der Waals surface area contributed by atoms with Crippen LogP contribution in [-0.4, -0.2) is 29.9 Å². The van der Waals surface area contributed by atoms with Gasteiger partial charge >= 0.3 is 0 Å². The Hall–Kier alpha value is -1.06. The van der Waals surface area contributed by atoms with Crippen molar-refractivity contribution < 1.29 is 4.79 Å². The van der Waals surface area contributed by atoms with Gasteiger partial charge < -0.3 is 10.2 Å². The zero-order valence-corrected chi connectivity index (χ0v) is 12.3. The molecule has 1 aromatic rings. The first kappa shape index (κ1) is 14.4. The molecule has 1 aromatic carbocycles. The van der Waals surface area contributed by atoms with Gasteiger partial charge in [0, 0.05) is 37.1 Å². The summed E-state index contributed by atoms with van der Waals surface area (Å²) in [5.41, 5.74) is 1.25. The Balaban J connectivity index is 1.85. The van der Waals surface area contributed by atoms with E-state index in [1.54, 1.807) is 6.92 Å². The molecule has 0 unspecified atom stereocenters. The Morgan fingerprint density at radius 1 is 1.32 bits per heavy atom. The lowest BCUT2D eigenvalue weighted by atomic mass is 10.0. The number of piperidine rings is 1. The number of nitrogens with zero attached hydrogens (tertiary/aromatic N) is 1. The molecule has 1 amide bonds. The van der Waals surface area contributed by atoms with Gasteiger partial charge in [-0.1, -0.05) is 23.7 Å². The fourth-order valence-electron chi connectivity index (χ4n) is 2.56. The first-order valence-corrected chi connectivity index (χ1v) is 7.21. The van der Waals surface area contributed by atoms with Crippen molar-refractivity contribution in [2.45, 2.75) is 38.8 Å². The number of hydrogen-bond donors (Lipinski definition) is 1. The number of halogens is 1. The van der Waals surface area contributed by atoms with Crippen LogP contribution >= 0.6 is 11.6 Å². The number of amides is 1. The predicted molar refractivity (Wildman–Crippen MR) is 78.3 cm³/mol. The normalized spacial score (nSPS) is 18.4. The van der Waals surface area contributed by atoms with Crippen LogP contribution in [0.2, 0.25) is 5.02 Å². The summed E-state index contributed by atoms with van der Waals surface area (Å²) in [6, 6.07) is 8.77. The highest BCUT2D eigenvalue weighted by molar-refractivity contribution is 6.30. The minimum Gasteiger partial charge on any atom is -0.343 e. The maximum Gasteiger partial charge on any atom is 0.219 e. The van der Waals surface area contributed by atoms with E-state index < -0.39 is 0 Å². The van der Waals surface area contributed by atoms with Crippen molar-refractivity contribution in [1.29, 1.82) is 0 Å². The summed E-state index contributed by atoms with van der Waals surface area (Å²) in [4.78, 5) is 13.2. The number of benzene rings is 1. The molecule has 1 N–H and O–H groups in total. The number of rotatable bonds is 3. The predicted octanol–water partition coefficient (Wildman–Crippen LogP) is 3.00. The standard InChI is InChI=1S/C15H21ClN2O/c1-11(13-3-5-14(16)6-4-13)17-15-7-9-18(10-8-15)12(2)19/h3-6,11,15,17H,7-10H2,1-2H3/t11-/m0/s1. The summed E-state index contributed by atoms with van der Waals surface area (Å²) in [6.07, 6.45) is 2.05.